The highest BCUT2D eigenvalue weighted by atomic mass is 32.1. The second-order valence-corrected chi connectivity index (χ2v) is 6.55. The first-order valence-corrected chi connectivity index (χ1v) is 8.46. The van der Waals surface area contributed by atoms with Gasteiger partial charge in [-0.2, -0.15) is 0 Å². The molecule has 25 heavy (non-hydrogen) atoms. The zero-order chi connectivity index (χ0) is 17.2. The Hall–Kier alpha value is -3.06. The summed E-state index contributed by atoms with van der Waals surface area (Å²) in [6.07, 6.45) is 1.36. The lowest BCUT2D eigenvalue weighted by Crippen LogP contribution is -2.25. The lowest BCUT2D eigenvalue weighted by atomic mass is 10.2. The van der Waals surface area contributed by atoms with Crippen molar-refractivity contribution in [3.63, 3.8) is 0 Å². The van der Waals surface area contributed by atoms with Gasteiger partial charge in [-0.25, -0.2) is 9.97 Å². The highest BCUT2D eigenvalue weighted by Crippen LogP contribution is 2.21. The number of fused-ring (bicyclic) bond motifs is 2. The van der Waals surface area contributed by atoms with Crippen molar-refractivity contribution < 1.29 is 9.53 Å². The van der Waals surface area contributed by atoms with Crippen LogP contribution in [0.3, 0.4) is 0 Å². The van der Waals surface area contributed by atoms with Gasteiger partial charge in [-0.15, -0.1) is 11.3 Å². The molecule has 0 saturated carbocycles. The number of carbonyl (C=O) groups is 1. The molecule has 0 aliphatic carbocycles. The molecule has 0 unspecified atom stereocenters. The lowest BCUT2D eigenvalue weighted by Gasteiger charge is -2.06. The second kappa shape index (κ2) is 6.45. The van der Waals surface area contributed by atoms with Gasteiger partial charge >= 0.3 is 5.97 Å². The third-order valence-electron chi connectivity index (χ3n) is 3.73. The number of aromatic nitrogens is 3. The maximum absolute atomic E-state index is 12.4. The Labute approximate surface area is 146 Å². The largest absolute Gasteiger partial charge is 0.457 e. The van der Waals surface area contributed by atoms with Gasteiger partial charge in [-0.1, -0.05) is 24.3 Å². The Morgan fingerprint density at radius 2 is 1.84 bits per heavy atom. The van der Waals surface area contributed by atoms with E-state index in [4.69, 9.17) is 4.74 Å². The van der Waals surface area contributed by atoms with E-state index in [9.17, 15) is 9.59 Å². The summed E-state index contributed by atoms with van der Waals surface area (Å²) in [5.41, 5.74) is 1.22. The van der Waals surface area contributed by atoms with E-state index in [-0.39, 0.29) is 18.7 Å². The molecule has 4 rings (SSSR count). The molecule has 0 aliphatic heterocycles. The van der Waals surface area contributed by atoms with Crippen LogP contribution >= 0.6 is 11.3 Å². The van der Waals surface area contributed by atoms with Gasteiger partial charge in [0.05, 0.1) is 27.4 Å². The van der Waals surface area contributed by atoms with E-state index in [0.29, 0.717) is 10.9 Å². The second-order valence-electron chi connectivity index (χ2n) is 5.43. The normalized spacial score (nSPS) is 11.0. The Balaban J connectivity index is 1.47. The quantitative estimate of drug-likeness (QED) is 0.529. The van der Waals surface area contributed by atoms with Gasteiger partial charge in [0.15, 0.2) is 0 Å². The van der Waals surface area contributed by atoms with Gasteiger partial charge in [0.1, 0.15) is 18.2 Å². The summed E-state index contributed by atoms with van der Waals surface area (Å²) < 4.78 is 7.55. The van der Waals surface area contributed by atoms with Crippen molar-refractivity contribution in [2.75, 3.05) is 0 Å². The molecule has 2 aromatic heterocycles. The molecule has 0 aliphatic rings. The molecule has 2 heterocycles. The first-order chi connectivity index (χ1) is 12.2. The smallest absolute Gasteiger partial charge is 0.326 e. The summed E-state index contributed by atoms with van der Waals surface area (Å²) in [4.78, 5) is 33.0. The standard InChI is InChI=1S/C18H13N3O3S/c22-17(24-10-16-20-14-7-3-4-8-15(14)25-16)9-21-11-19-13-6-2-1-5-12(13)18(21)23/h1-8,11H,9-10H2. The van der Waals surface area contributed by atoms with E-state index in [1.807, 2.05) is 30.3 Å². The number of hydrogen-bond acceptors (Lipinski definition) is 6. The van der Waals surface area contributed by atoms with Gasteiger partial charge in [0, 0.05) is 0 Å². The van der Waals surface area contributed by atoms with Crippen LogP contribution in [0.1, 0.15) is 5.01 Å². The first-order valence-electron chi connectivity index (χ1n) is 7.65. The van der Waals surface area contributed by atoms with E-state index in [1.54, 1.807) is 18.2 Å². The zero-order valence-electron chi connectivity index (χ0n) is 13.1. The predicted octanol–water partition coefficient (Wildman–Crippen LogP) is 2.75. The predicted molar refractivity (Wildman–Crippen MR) is 95.4 cm³/mol. The Bertz CT molecular complexity index is 1100. The van der Waals surface area contributed by atoms with E-state index < -0.39 is 5.97 Å². The molecule has 0 saturated heterocycles. The molecular formula is C18H13N3O3S. The van der Waals surface area contributed by atoms with Crippen LogP contribution in [0.25, 0.3) is 21.1 Å². The highest BCUT2D eigenvalue weighted by Gasteiger charge is 2.11. The van der Waals surface area contributed by atoms with Crippen LogP contribution < -0.4 is 5.56 Å². The lowest BCUT2D eigenvalue weighted by molar-refractivity contribution is -0.145. The topological polar surface area (TPSA) is 74.1 Å². The van der Waals surface area contributed by atoms with Crippen LogP contribution in [0.4, 0.5) is 0 Å². The van der Waals surface area contributed by atoms with Crippen LogP contribution in [0.2, 0.25) is 0 Å². The van der Waals surface area contributed by atoms with E-state index in [1.165, 1.54) is 22.2 Å². The van der Waals surface area contributed by atoms with Crippen LogP contribution in [0, 0.1) is 0 Å². The first kappa shape index (κ1) is 15.5. The molecule has 124 valence electrons. The summed E-state index contributed by atoms with van der Waals surface area (Å²) in [5, 5.41) is 1.20. The fourth-order valence-corrected chi connectivity index (χ4v) is 3.41. The third-order valence-corrected chi connectivity index (χ3v) is 4.74. The number of benzene rings is 2. The Morgan fingerprint density at radius 1 is 1.08 bits per heavy atom. The SMILES string of the molecule is O=C(Cn1cnc2ccccc2c1=O)OCc1nc2ccccc2s1. The van der Waals surface area contributed by atoms with Gasteiger partial charge in [-0.05, 0) is 24.3 Å². The number of para-hydroxylation sites is 2. The van der Waals surface area contributed by atoms with Gasteiger partial charge < -0.3 is 4.74 Å². The van der Waals surface area contributed by atoms with Crippen LogP contribution in [0.15, 0.2) is 59.7 Å². The van der Waals surface area contributed by atoms with Crippen molar-refractivity contribution in [3.05, 3.63) is 70.2 Å². The van der Waals surface area contributed by atoms with Gasteiger partial charge in [-0.3, -0.25) is 14.2 Å². The average molecular weight is 351 g/mol. The van der Waals surface area contributed by atoms with Crippen molar-refractivity contribution in [1.29, 1.82) is 0 Å². The molecule has 0 fully saturated rings. The molecule has 2 aromatic carbocycles. The minimum Gasteiger partial charge on any atom is -0.457 e. The Morgan fingerprint density at radius 3 is 2.68 bits per heavy atom. The van der Waals surface area contributed by atoms with Crippen LogP contribution in [0.5, 0.6) is 0 Å². The minimum atomic E-state index is -0.501. The fourth-order valence-electron chi connectivity index (χ4n) is 2.53. The number of rotatable bonds is 4. The van der Waals surface area contributed by atoms with E-state index >= 15 is 0 Å². The van der Waals surface area contributed by atoms with Gasteiger partial charge in [0.2, 0.25) is 0 Å². The number of esters is 1. The number of carbonyl (C=O) groups excluding carboxylic acids is 1. The molecule has 6 nitrogen and oxygen atoms in total. The number of nitrogens with zero attached hydrogens (tertiary/aromatic N) is 3. The van der Waals surface area contributed by atoms with Crippen LogP contribution in [-0.2, 0) is 22.7 Å². The molecule has 4 aromatic rings. The third kappa shape index (κ3) is 3.14. The summed E-state index contributed by atoms with van der Waals surface area (Å²) in [5.74, 6) is -0.501. The van der Waals surface area contributed by atoms with Crippen molar-refractivity contribution in [2.45, 2.75) is 13.2 Å². The Kier molecular flexibility index (Phi) is 3.99. The fraction of sp³-hybridized carbons (Fsp3) is 0.111. The van der Waals surface area contributed by atoms with E-state index in [0.717, 1.165) is 15.2 Å². The molecule has 0 spiro atoms. The van der Waals surface area contributed by atoms with Crippen molar-refractivity contribution in [3.8, 4) is 0 Å². The summed E-state index contributed by atoms with van der Waals surface area (Å²) in [6.45, 7) is -0.0878. The van der Waals surface area contributed by atoms with Crippen LogP contribution in [-0.4, -0.2) is 20.5 Å². The van der Waals surface area contributed by atoms with Gasteiger partial charge in [0.25, 0.3) is 5.56 Å². The molecule has 0 N–H and O–H groups in total. The molecule has 0 radical (unpaired) electrons. The van der Waals surface area contributed by atoms with E-state index in [2.05, 4.69) is 9.97 Å². The highest BCUT2D eigenvalue weighted by molar-refractivity contribution is 7.18. The average Bonchev–Trinajstić information content (AvgIpc) is 3.06. The maximum atomic E-state index is 12.4. The molecule has 0 bridgehead atoms. The molecule has 0 amide bonds. The maximum Gasteiger partial charge on any atom is 0.326 e. The summed E-state index contributed by atoms with van der Waals surface area (Å²) in [6, 6.07) is 14.8. The number of ether oxygens (including phenoxy) is 1. The monoisotopic (exact) mass is 351 g/mol. The minimum absolute atomic E-state index is 0.0912. The summed E-state index contributed by atoms with van der Waals surface area (Å²) in [7, 11) is 0. The molecule has 7 heteroatoms. The number of thiazole rings is 1. The molecular weight excluding hydrogens is 338 g/mol. The number of hydrogen-bond donors (Lipinski definition) is 0. The summed E-state index contributed by atoms with van der Waals surface area (Å²) >= 11 is 1.48. The molecule has 0 atom stereocenters. The van der Waals surface area contributed by atoms with Crippen molar-refractivity contribution >= 4 is 38.4 Å². The zero-order valence-corrected chi connectivity index (χ0v) is 13.9. The van der Waals surface area contributed by atoms with Crippen molar-refractivity contribution in [1.82, 2.24) is 14.5 Å². The van der Waals surface area contributed by atoms with Crippen molar-refractivity contribution in [2.24, 2.45) is 0 Å².